The van der Waals surface area contributed by atoms with Crippen LogP contribution in [0.2, 0.25) is 0 Å². The van der Waals surface area contributed by atoms with Gasteiger partial charge in [-0.25, -0.2) is 0 Å². The van der Waals surface area contributed by atoms with Gasteiger partial charge in [0.1, 0.15) is 0 Å². The SMILES string of the molecule is CCC1CCCC(C(C)C(O)CC)C1. The Morgan fingerprint density at radius 1 is 1.29 bits per heavy atom. The van der Waals surface area contributed by atoms with Crippen LogP contribution >= 0.6 is 0 Å². The maximum atomic E-state index is 9.84. The molecule has 0 aromatic rings. The minimum atomic E-state index is -0.0735. The smallest absolute Gasteiger partial charge is 0.0565 e. The molecule has 0 heterocycles. The largest absolute Gasteiger partial charge is 0.393 e. The third kappa shape index (κ3) is 2.98. The molecule has 1 aliphatic carbocycles. The van der Waals surface area contributed by atoms with Crippen molar-refractivity contribution >= 4 is 0 Å². The zero-order valence-electron chi connectivity index (χ0n) is 10.00. The van der Waals surface area contributed by atoms with Crippen molar-refractivity contribution in [3.8, 4) is 0 Å². The molecule has 0 radical (unpaired) electrons. The van der Waals surface area contributed by atoms with Crippen LogP contribution in [0.1, 0.15) is 59.3 Å². The molecule has 0 aromatic heterocycles. The minimum Gasteiger partial charge on any atom is -0.393 e. The summed E-state index contributed by atoms with van der Waals surface area (Å²) in [6.07, 6.45) is 7.66. The molecule has 84 valence electrons. The summed E-state index contributed by atoms with van der Waals surface area (Å²) in [5, 5.41) is 9.84. The lowest BCUT2D eigenvalue weighted by molar-refractivity contribution is 0.0559. The highest BCUT2D eigenvalue weighted by Gasteiger charge is 2.28. The normalized spacial score (nSPS) is 32.6. The average molecular weight is 198 g/mol. The van der Waals surface area contributed by atoms with E-state index in [9.17, 15) is 5.11 Å². The van der Waals surface area contributed by atoms with Gasteiger partial charge in [0.2, 0.25) is 0 Å². The number of aliphatic hydroxyl groups is 1. The first-order chi connectivity index (χ1) is 6.69. The first-order valence-corrected chi connectivity index (χ1v) is 6.37. The standard InChI is InChI=1S/C13H26O/c1-4-11-7-6-8-12(9-11)10(3)13(14)5-2/h10-14H,4-9H2,1-3H3. The highest BCUT2D eigenvalue weighted by molar-refractivity contribution is 4.79. The Morgan fingerprint density at radius 2 is 2.00 bits per heavy atom. The predicted octanol–water partition coefficient (Wildman–Crippen LogP) is 3.61. The van der Waals surface area contributed by atoms with Crippen LogP contribution in [-0.4, -0.2) is 11.2 Å². The van der Waals surface area contributed by atoms with E-state index in [4.69, 9.17) is 0 Å². The van der Waals surface area contributed by atoms with Gasteiger partial charge in [0.15, 0.2) is 0 Å². The Morgan fingerprint density at radius 3 is 2.57 bits per heavy atom. The van der Waals surface area contributed by atoms with Crippen LogP contribution in [0.3, 0.4) is 0 Å². The summed E-state index contributed by atoms with van der Waals surface area (Å²) < 4.78 is 0. The van der Waals surface area contributed by atoms with Crippen LogP contribution in [0.4, 0.5) is 0 Å². The quantitative estimate of drug-likeness (QED) is 0.731. The van der Waals surface area contributed by atoms with Crippen molar-refractivity contribution < 1.29 is 5.11 Å². The van der Waals surface area contributed by atoms with Gasteiger partial charge in [0.05, 0.1) is 6.10 Å². The fourth-order valence-corrected chi connectivity index (χ4v) is 2.87. The zero-order valence-corrected chi connectivity index (χ0v) is 10.00. The Bertz CT molecular complexity index is 153. The second-order valence-electron chi connectivity index (χ2n) is 5.04. The van der Waals surface area contributed by atoms with Crippen LogP contribution in [0.15, 0.2) is 0 Å². The molecule has 0 aromatic carbocycles. The van der Waals surface area contributed by atoms with Gasteiger partial charge in [0, 0.05) is 0 Å². The molecule has 0 spiro atoms. The van der Waals surface area contributed by atoms with Gasteiger partial charge in [-0.3, -0.25) is 0 Å². The summed E-state index contributed by atoms with van der Waals surface area (Å²) >= 11 is 0. The van der Waals surface area contributed by atoms with Crippen molar-refractivity contribution in [2.75, 3.05) is 0 Å². The maximum absolute atomic E-state index is 9.84. The molecule has 1 heteroatoms. The fourth-order valence-electron chi connectivity index (χ4n) is 2.87. The molecule has 1 saturated carbocycles. The summed E-state index contributed by atoms with van der Waals surface area (Å²) in [5.74, 6) is 2.22. The summed E-state index contributed by atoms with van der Waals surface area (Å²) in [6.45, 7) is 6.62. The second kappa shape index (κ2) is 5.75. The Balaban J connectivity index is 2.42. The lowest BCUT2D eigenvalue weighted by Gasteiger charge is -2.34. The van der Waals surface area contributed by atoms with Crippen LogP contribution in [-0.2, 0) is 0 Å². The number of rotatable bonds is 4. The van der Waals surface area contributed by atoms with Gasteiger partial charge < -0.3 is 5.11 Å². The van der Waals surface area contributed by atoms with E-state index >= 15 is 0 Å². The summed E-state index contributed by atoms with van der Waals surface area (Å²) in [7, 11) is 0. The van der Waals surface area contributed by atoms with Crippen molar-refractivity contribution in [2.24, 2.45) is 17.8 Å². The molecule has 0 bridgehead atoms. The molecule has 1 nitrogen and oxygen atoms in total. The van der Waals surface area contributed by atoms with E-state index in [2.05, 4.69) is 20.8 Å². The van der Waals surface area contributed by atoms with Gasteiger partial charge in [-0.2, -0.15) is 0 Å². The van der Waals surface area contributed by atoms with Crippen molar-refractivity contribution in [3.63, 3.8) is 0 Å². The van der Waals surface area contributed by atoms with E-state index in [1.165, 1.54) is 32.1 Å². The van der Waals surface area contributed by atoms with Gasteiger partial charge >= 0.3 is 0 Å². The topological polar surface area (TPSA) is 20.2 Å². The van der Waals surface area contributed by atoms with Gasteiger partial charge in [-0.1, -0.05) is 46.5 Å². The molecule has 1 rings (SSSR count). The summed E-state index contributed by atoms with van der Waals surface area (Å²) in [5.41, 5.74) is 0. The maximum Gasteiger partial charge on any atom is 0.0565 e. The molecule has 14 heavy (non-hydrogen) atoms. The van der Waals surface area contributed by atoms with Crippen molar-refractivity contribution in [3.05, 3.63) is 0 Å². The van der Waals surface area contributed by atoms with Crippen LogP contribution < -0.4 is 0 Å². The van der Waals surface area contributed by atoms with Gasteiger partial charge in [-0.15, -0.1) is 0 Å². The average Bonchev–Trinajstić information content (AvgIpc) is 2.27. The molecule has 4 unspecified atom stereocenters. The lowest BCUT2D eigenvalue weighted by atomic mass is 9.73. The van der Waals surface area contributed by atoms with Crippen LogP contribution in [0.5, 0.6) is 0 Å². The predicted molar refractivity (Wildman–Crippen MR) is 61.2 cm³/mol. The molecule has 1 N–H and O–H groups in total. The van der Waals surface area contributed by atoms with E-state index in [0.29, 0.717) is 5.92 Å². The monoisotopic (exact) mass is 198 g/mol. The van der Waals surface area contributed by atoms with Crippen LogP contribution in [0, 0.1) is 17.8 Å². The fraction of sp³-hybridized carbons (Fsp3) is 1.00. The van der Waals surface area contributed by atoms with E-state index < -0.39 is 0 Å². The van der Waals surface area contributed by atoms with Gasteiger partial charge in [0.25, 0.3) is 0 Å². The van der Waals surface area contributed by atoms with Crippen molar-refractivity contribution in [1.29, 1.82) is 0 Å². The Labute approximate surface area is 88.9 Å². The third-order valence-electron chi connectivity index (χ3n) is 4.17. The molecule has 0 amide bonds. The van der Waals surface area contributed by atoms with E-state index in [1.54, 1.807) is 0 Å². The molecule has 1 fully saturated rings. The van der Waals surface area contributed by atoms with Gasteiger partial charge in [-0.05, 0) is 30.6 Å². The van der Waals surface area contributed by atoms with Crippen molar-refractivity contribution in [1.82, 2.24) is 0 Å². The second-order valence-corrected chi connectivity index (χ2v) is 5.04. The molecule has 0 aliphatic heterocycles. The summed E-state index contributed by atoms with van der Waals surface area (Å²) in [4.78, 5) is 0. The first-order valence-electron chi connectivity index (χ1n) is 6.37. The van der Waals surface area contributed by atoms with Crippen LogP contribution in [0.25, 0.3) is 0 Å². The van der Waals surface area contributed by atoms with E-state index in [-0.39, 0.29) is 6.10 Å². The molecule has 1 aliphatic rings. The minimum absolute atomic E-state index is 0.0735. The molecule has 0 saturated heterocycles. The zero-order chi connectivity index (χ0) is 10.6. The van der Waals surface area contributed by atoms with E-state index in [1.807, 2.05) is 0 Å². The third-order valence-corrected chi connectivity index (χ3v) is 4.17. The highest BCUT2D eigenvalue weighted by atomic mass is 16.3. The summed E-state index contributed by atoms with van der Waals surface area (Å²) in [6, 6.07) is 0. The van der Waals surface area contributed by atoms with E-state index in [0.717, 1.165) is 18.3 Å². The molecular formula is C13H26O. The Hall–Kier alpha value is -0.0400. The Kier molecular flexibility index (Phi) is 4.94. The highest BCUT2D eigenvalue weighted by Crippen LogP contribution is 2.36. The first kappa shape index (κ1) is 12.0. The number of hydrogen-bond acceptors (Lipinski definition) is 1. The number of hydrogen-bond donors (Lipinski definition) is 1. The lowest BCUT2D eigenvalue weighted by Crippen LogP contribution is -2.29. The molecule has 4 atom stereocenters. The molecular weight excluding hydrogens is 172 g/mol. The van der Waals surface area contributed by atoms with Crippen molar-refractivity contribution in [2.45, 2.75) is 65.4 Å². The number of aliphatic hydroxyl groups excluding tert-OH is 1.